The third-order valence-corrected chi connectivity index (χ3v) is 7.78. The van der Waals surface area contributed by atoms with E-state index in [9.17, 15) is 14.4 Å². The molecule has 0 fully saturated rings. The molecule has 220 valence electrons. The van der Waals surface area contributed by atoms with Crippen LogP contribution < -0.4 is 10.6 Å². The average molecular weight is 572 g/mol. The van der Waals surface area contributed by atoms with Gasteiger partial charge in [0.1, 0.15) is 24.0 Å². The molecule has 12 nitrogen and oxygen atoms in total. The number of fused-ring (bicyclic) bond motifs is 2. The average Bonchev–Trinajstić information content (AvgIpc) is 3.63. The van der Waals surface area contributed by atoms with Crippen LogP contribution in [0.5, 0.6) is 0 Å². The zero-order valence-electron chi connectivity index (χ0n) is 24.2. The second-order valence-corrected chi connectivity index (χ2v) is 10.8. The van der Waals surface area contributed by atoms with Gasteiger partial charge in [-0.2, -0.15) is 5.10 Å². The van der Waals surface area contributed by atoms with Gasteiger partial charge in [0.25, 0.3) is 5.91 Å². The summed E-state index contributed by atoms with van der Waals surface area (Å²) in [5, 5.41) is 18.9. The molecule has 3 aromatic heterocycles. The first-order valence-corrected chi connectivity index (χ1v) is 14.5. The minimum atomic E-state index is -0.704. The number of carbonyl (C=O) groups excluding carboxylic acids is 3. The molecule has 0 radical (unpaired) electrons. The van der Waals surface area contributed by atoms with Crippen LogP contribution in [0.4, 0.5) is 0 Å². The molecule has 4 heterocycles. The topological polar surface area (TPSA) is 139 Å². The number of nitrogens with one attached hydrogen (secondary N) is 2. The maximum Gasteiger partial charge on any atom is 0.257 e. The zero-order chi connectivity index (χ0) is 29.6. The minimum absolute atomic E-state index is 0.0828. The maximum atomic E-state index is 13.8. The van der Waals surface area contributed by atoms with Crippen LogP contribution >= 0.6 is 0 Å². The maximum absolute atomic E-state index is 13.8. The second-order valence-electron chi connectivity index (χ2n) is 10.8. The Hall–Kier alpha value is -4.61. The van der Waals surface area contributed by atoms with Gasteiger partial charge in [-0.05, 0) is 43.4 Å². The first-order chi connectivity index (χ1) is 20.3. The first-order valence-electron chi connectivity index (χ1n) is 14.5. The predicted octanol–water partition coefficient (Wildman–Crippen LogP) is 2.50. The lowest BCUT2D eigenvalue weighted by atomic mass is 9.97. The summed E-state index contributed by atoms with van der Waals surface area (Å²) in [5.74, 6) is 0.410. The summed E-state index contributed by atoms with van der Waals surface area (Å²) in [6.45, 7) is 6.80. The van der Waals surface area contributed by atoms with Crippen LogP contribution in [-0.2, 0) is 22.6 Å². The van der Waals surface area contributed by atoms with Gasteiger partial charge in [-0.15, -0.1) is 10.2 Å². The molecule has 0 bridgehead atoms. The molecule has 0 saturated carbocycles. The Bertz CT molecular complexity index is 1550. The van der Waals surface area contributed by atoms with Crippen molar-refractivity contribution in [3.63, 3.8) is 0 Å². The van der Waals surface area contributed by atoms with E-state index >= 15 is 0 Å². The molecule has 4 aromatic rings. The normalized spacial score (nSPS) is 19.5. The van der Waals surface area contributed by atoms with Gasteiger partial charge in [0.05, 0.1) is 18.2 Å². The van der Waals surface area contributed by atoms with Crippen molar-refractivity contribution in [2.24, 2.45) is 5.92 Å². The van der Waals surface area contributed by atoms with Crippen molar-refractivity contribution < 1.29 is 14.4 Å². The number of rotatable bonds is 5. The highest BCUT2D eigenvalue weighted by Crippen LogP contribution is 2.20. The van der Waals surface area contributed by atoms with Gasteiger partial charge in [0, 0.05) is 25.7 Å². The Balaban J connectivity index is 1.50. The van der Waals surface area contributed by atoms with Crippen LogP contribution in [0.1, 0.15) is 66.7 Å². The smallest absolute Gasteiger partial charge is 0.257 e. The zero-order valence-corrected chi connectivity index (χ0v) is 24.2. The lowest BCUT2D eigenvalue weighted by Crippen LogP contribution is -2.51. The number of hydrogen-bond acceptors (Lipinski definition) is 7. The molecule has 42 heavy (non-hydrogen) atoms. The number of nitrogens with zero attached hydrogens (tertiary/aromatic N) is 7. The molecule has 0 aliphatic carbocycles. The van der Waals surface area contributed by atoms with E-state index in [-0.39, 0.29) is 30.1 Å². The van der Waals surface area contributed by atoms with E-state index in [2.05, 4.69) is 25.9 Å². The van der Waals surface area contributed by atoms with Gasteiger partial charge in [-0.3, -0.25) is 18.8 Å². The third-order valence-electron chi connectivity index (χ3n) is 7.78. The monoisotopic (exact) mass is 571 g/mol. The number of carbonyl (C=O) groups is 3. The lowest BCUT2D eigenvalue weighted by Gasteiger charge is -2.28. The molecule has 12 heteroatoms. The highest BCUT2D eigenvalue weighted by molar-refractivity contribution is 5.99. The van der Waals surface area contributed by atoms with Crippen LogP contribution in [0.25, 0.3) is 5.65 Å². The molecule has 0 unspecified atom stereocenters. The van der Waals surface area contributed by atoms with Gasteiger partial charge in [0.15, 0.2) is 5.65 Å². The summed E-state index contributed by atoms with van der Waals surface area (Å²) < 4.78 is 3.49. The fourth-order valence-corrected chi connectivity index (χ4v) is 5.31. The van der Waals surface area contributed by atoms with E-state index < -0.39 is 12.1 Å². The summed E-state index contributed by atoms with van der Waals surface area (Å²) >= 11 is 0. The third kappa shape index (κ3) is 6.48. The molecule has 1 aromatic carbocycles. The Kier molecular flexibility index (Phi) is 8.89. The summed E-state index contributed by atoms with van der Waals surface area (Å²) in [6.07, 6.45) is 5.16. The summed E-state index contributed by atoms with van der Waals surface area (Å²) in [6, 6.07) is 12.2. The lowest BCUT2D eigenvalue weighted by molar-refractivity contribution is -0.130. The van der Waals surface area contributed by atoms with Crippen molar-refractivity contribution in [1.82, 2.24) is 44.9 Å². The fraction of sp³-hybridized carbons (Fsp3) is 0.433. The molecule has 0 spiro atoms. The molecular weight excluding hydrogens is 534 g/mol. The molecule has 0 saturated heterocycles. The van der Waals surface area contributed by atoms with Gasteiger partial charge in [-0.1, -0.05) is 50.6 Å². The van der Waals surface area contributed by atoms with E-state index in [1.54, 1.807) is 38.6 Å². The van der Waals surface area contributed by atoms with Crippen molar-refractivity contribution in [2.75, 3.05) is 13.1 Å². The second kappa shape index (κ2) is 12.9. The summed E-state index contributed by atoms with van der Waals surface area (Å²) in [5.41, 5.74) is 1.93. The van der Waals surface area contributed by atoms with Crippen molar-refractivity contribution in [1.29, 1.82) is 0 Å². The van der Waals surface area contributed by atoms with E-state index in [4.69, 9.17) is 4.98 Å². The van der Waals surface area contributed by atoms with Gasteiger partial charge in [-0.25, -0.2) is 9.67 Å². The van der Waals surface area contributed by atoms with E-state index in [1.807, 2.05) is 51.1 Å². The quantitative estimate of drug-likeness (QED) is 0.375. The van der Waals surface area contributed by atoms with Crippen LogP contribution in [0.3, 0.4) is 0 Å². The molecule has 3 atom stereocenters. The standard InChI is InChI=1S/C30H37N9O3/c1-4-20(2)26-29(41)33-24(18-22-10-6-5-7-11-22)28-32-21(3)36-39(28)17-16-37(14-9-13-25(40)34-26)30(42)23-12-8-15-38-19-31-35-27(23)38/h5-8,10-12,15,19-20,24,26H,4,9,13-14,16-18H2,1-3H3,(H,33,41)(H,34,40)/t20-,24-,26-/m0/s1. The number of amides is 3. The molecule has 1 aliphatic rings. The highest BCUT2D eigenvalue weighted by atomic mass is 16.2. The SMILES string of the molecule is CC[C@H](C)[C@@H]1NC(=O)CCCN(C(=O)c2cccn3cnnc23)CCn2nc(C)nc2[C@H](Cc2ccccc2)NC1=O. The van der Waals surface area contributed by atoms with Gasteiger partial charge >= 0.3 is 0 Å². The van der Waals surface area contributed by atoms with Crippen LogP contribution in [-0.4, -0.2) is 71.1 Å². The van der Waals surface area contributed by atoms with Crippen LogP contribution in [0.2, 0.25) is 0 Å². The Morgan fingerprint density at radius 2 is 1.88 bits per heavy atom. The van der Waals surface area contributed by atoms with E-state index in [1.165, 1.54) is 0 Å². The van der Waals surface area contributed by atoms with Gasteiger partial charge < -0.3 is 15.5 Å². The van der Waals surface area contributed by atoms with Crippen molar-refractivity contribution in [3.8, 4) is 0 Å². The summed E-state index contributed by atoms with van der Waals surface area (Å²) in [7, 11) is 0. The fourth-order valence-electron chi connectivity index (χ4n) is 5.31. The number of benzene rings is 1. The van der Waals surface area contributed by atoms with Crippen LogP contribution in [0, 0.1) is 12.8 Å². The molecule has 3 amide bonds. The number of pyridine rings is 1. The van der Waals surface area contributed by atoms with E-state index in [0.29, 0.717) is 61.8 Å². The van der Waals surface area contributed by atoms with E-state index in [0.717, 1.165) is 5.56 Å². The predicted molar refractivity (Wildman–Crippen MR) is 155 cm³/mol. The highest BCUT2D eigenvalue weighted by Gasteiger charge is 2.31. The minimum Gasteiger partial charge on any atom is -0.344 e. The van der Waals surface area contributed by atoms with Crippen molar-refractivity contribution in [3.05, 3.63) is 77.8 Å². The van der Waals surface area contributed by atoms with Crippen LogP contribution in [0.15, 0.2) is 55.0 Å². The number of aryl methyl sites for hydroxylation is 1. The Morgan fingerprint density at radius 3 is 2.67 bits per heavy atom. The number of hydrogen-bond donors (Lipinski definition) is 2. The van der Waals surface area contributed by atoms with Crippen molar-refractivity contribution >= 4 is 23.4 Å². The summed E-state index contributed by atoms with van der Waals surface area (Å²) in [4.78, 5) is 47.0. The molecule has 1 aliphatic heterocycles. The Morgan fingerprint density at radius 1 is 1.07 bits per heavy atom. The molecular formula is C30H37N9O3. The van der Waals surface area contributed by atoms with Gasteiger partial charge in [0.2, 0.25) is 11.8 Å². The molecule has 5 rings (SSSR count). The molecule has 2 N–H and O–H groups in total. The first kappa shape index (κ1) is 28.9. The van der Waals surface area contributed by atoms with Crippen molar-refractivity contribution in [2.45, 2.75) is 65.1 Å². The Labute approximate surface area is 244 Å². The number of aromatic nitrogens is 6. The largest absolute Gasteiger partial charge is 0.344 e.